The third-order valence-electron chi connectivity index (χ3n) is 2.82. The van der Waals surface area contributed by atoms with Crippen LogP contribution in [0.2, 0.25) is 0 Å². The quantitative estimate of drug-likeness (QED) is 0.854. The molecule has 1 atom stereocenters. The molecule has 5 heteroatoms. The highest BCUT2D eigenvalue weighted by atomic mass is 16.3. The molecule has 0 fully saturated rings. The van der Waals surface area contributed by atoms with Gasteiger partial charge in [0.1, 0.15) is 5.82 Å². The molecule has 0 bridgehead atoms. The topological polar surface area (TPSA) is 55.9 Å². The van der Waals surface area contributed by atoms with Gasteiger partial charge in [0.25, 0.3) is 0 Å². The van der Waals surface area contributed by atoms with Gasteiger partial charge in [-0.2, -0.15) is 0 Å². The predicted molar refractivity (Wildman–Crippen MR) is 64.5 cm³/mol. The van der Waals surface area contributed by atoms with E-state index in [-0.39, 0.29) is 0 Å². The minimum Gasteiger partial charge on any atom is -0.379 e. The molecule has 0 aromatic carbocycles. The van der Waals surface area contributed by atoms with Gasteiger partial charge in [-0.1, -0.05) is 6.92 Å². The first-order valence-electron chi connectivity index (χ1n) is 5.97. The Morgan fingerprint density at radius 2 is 2.18 bits per heavy atom. The number of rotatable bonds is 5. The Labute approximate surface area is 101 Å². The maximum Gasteiger partial charge on any atom is 0.153 e. The van der Waals surface area contributed by atoms with Gasteiger partial charge in [0, 0.05) is 25.5 Å². The summed E-state index contributed by atoms with van der Waals surface area (Å²) >= 11 is 0. The van der Waals surface area contributed by atoms with Crippen LogP contribution >= 0.6 is 0 Å². The molecule has 0 saturated carbocycles. The minimum absolute atomic E-state index is 0.682. The maximum absolute atomic E-state index is 10.3. The second-order valence-electron chi connectivity index (χ2n) is 3.99. The predicted octanol–water partition coefficient (Wildman–Crippen LogP) is 1.59. The Balaban J connectivity index is 2.30. The number of imidazole rings is 2. The molecular weight excluding hydrogens is 216 g/mol. The average molecular weight is 234 g/mol. The van der Waals surface area contributed by atoms with Crippen LogP contribution in [0.5, 0.6) is 0 Å². The van der Waals surface area contributed by atoms with Gasteiger partial charge in [-0.05, 0) is 13.3 Å². The van der Waals surface area contributed by atoms with Crippen LogP contribution in [-0.2, 0) is 13.1 Å². The van der Waals surface area contributed by atoms with Crippen molar-refractivity contribution in [3.8, 4) is 0 Å². The zero-order valence-electron chi connectivity index (χ0n) is 10.2. The number of hydrogen-bond donors (Lipinski definition) is 1. The van der Waals surface area contributed by atoms with E-state index in [2.05, 4.69) is 16.9 Å². The van der Waals surface area contributed by atoms with Gasteiger partial charge in [0.15, 0.2) is 6.10 Å². The van der Waals surface area contributed by atoms with Crippen LogP contribution in [-0.4, -0.2) is 24.2 Å². The Morgan fingerprint density at radius 1 is 1.35 bits per heavy atom. The van der Waals surface area contributed by atoms with Crippen molar-refractivity contribution < 1.29 is 5.11 Å². The zero-order chi connectivity index (χ0) is 12.3. The summed E-state index contributed by atoms with van der Waals surface area (Å²) in [5, 5.41) is 10.3. The molecule has 2 aromatic rings. The molecule has 2 rings (SSSR count). The summed E-state index contributed by atoms with van der Waals surface area (Å²) in [5.41, 5.74) is 0.788. The van der Waals surface area contributed by atoms with E-state index in [0.717, 1.165) is 25.2 Å². The molecule has 0 saturated heterocycles. The molecule has 0 aliphatic heterocycles. The maximum atomic E-state index is 10.3. The first-order chi connectivity index (χ1) is 8.27. The lowest BCUT2D eigenvalue weighted by atomic mass is 10.2. The smallest absolute Gasteiger partial charge is 0.153 e. The van der Waals surface area contributed by atoms with E-state index in [4.69, 9.17) is 0 Å². The third-order valence-corrected chi connectivity index (χ3v) is 2.82. The van der Waals surface area contributed by atoms with Crippen LogP contribution in [0.1, 0.15) is 37.9 Å². The van der Waals surface area contributed by atoms with E-state index in [1.54, 1.807) is 18.7 Å². The molecule has 5 nitrogen and oxygen atoms in total. The number of hydrogen-bond acceptors (Lipinski definition) is 3. The van der Waals surface area contributed by atoms with Crippen molar-refractivity contribution in [2.75, 3.05) is 0 Å². The molecule has 0 radical (unpaired) electrons. The second kappa shape index (κ2) is 5.14. The molecule has 0 amide bonds. The highest BCUT2D eigenvalue weighted by Gasteiger charge is 2.19. The van der Waals surface area contributed by atoms with Crippen LogP contribution in [0.15, 0.2) is 24.9 Å². The first-order valence-corrected chi connectivity index (χ1v) is 5.97. The fraction of sp³-hybridized carbons (Fsp3) is 0.500. The lowest BCUT2D eigenvalue weighted by Crippen LogP contribution is -2.13. The standard InChI is InChI=1S/C12H18N4O/c1-3-6-16-7-5-14-12(16)11(17)10-8-13-9-15(10)4-2/h5,7-9,11,17H,3-4,6H2,1-2H3. The lowest BCUT2D eigenvalue weighted by Gasteiger charge is -2.14. The van der Waals surface area contributed by atoms with Crippen molar-refractivity contribution in [3.63, 3.8) is 0 Å². The number of aliphatic hydroxyl groups is 1. The summed E-state index contributed by atoms with van der Waals surface area (Å²) in [5.74, 6) is 0.682. The van der Waals surface area contributed by atoms with E-state index in [1.165, 1.54) is 0 Å². The fourth-order valence-corrected chi connectivity index (χ4v) is 1.95. The molecule has 1 unspecified atom stereocenters. The fourth-order valence-electron chi connectivity index (χ4n) is 1.95. The normalized spacial score (nSPS) is 12.9. The van der Waals surface area contributed by atoms with Crippen LogP contribution in [0.4, 0.5) is 0 Å². The van der Waals surface area contributed by atoms with Crippen molar-refractivity contribution in [1.82, 2.24) is 19.1 Å². The molecule has 17 heavy (non-hydrogen) atoms. The number of aromatic nitrogens is 4. The van der Waals surface area contributed by atoms with E-state index in [1.807, 2.05) is 22.3 Å². The summed E-state index contributed by atoms with van der Waals surface area (Å²) in [6, 6.07) is 0. The van der Waals surface area contributed by atoms with Crippen LogP contribution in [0.3, 0.4) is 0 Å². The van der Waals surface area contributed by atoms with Gasteiger partial charge < -0.3 is 14.2 Å². The highest BCUT2D eigenvalue weighted by molar-refractivity contribution is 5.13. The summed E-state index contributed by atoms with van der Waals surface area (Å²) in [6.45, 7) is 5.79. The highest BCUT2D eigenvalue weighted by Crippen LogP contribution is 2.20. The Kier molecular flexibility index (Phi) is 3.58. The van der Waals surface area contributed by atoms with E-state index >= 15 is 0 Å². The van der Waals surface area contributed by atoms with Crippen molar-refractivity contribution in [1.29, 1.82) is 0 Å². The van der Waals surface area contributed by atoms with E-state index in [9.17, 15) is 5.11 Å². The van der Waals surface area contributed by atoms with E-state index in [0.29, 0.717) is 5.82 Å². The first kappa shape index (κ1) is 11.9. The monoisotopic (exact) mass is 234 g/mol. The van der Waals surface area contributed by atoms with E-state index < -0.39 is 6.10 Å². The van der Waals surface area contributed by atoms with Crippen molar-refractivity contribution in [2.45, 2.75) is 39.5 Å². The van der Waals surface area contributed by atoms with Gasteiger partial charge in [-0.3, -0.25) is 0 Å². The average Bonchev–Trinajstić information content (AvgIpc) is 2.96. The Morgan fingerprint density at radius 3 is 2.88 bits per heavy atom. The zero-order valence-corrected chi connectivity index (χ0v) is 10.2. The van der Waals surface area contributed by atoms with Gasteiger partial charge >= 0.3 is 0 Å². The summed E-state index contributed by atoms with van der Waals surface area (Å²) in [6.07, 6.45) is 7.35. The molecule has 0 spiro atoms. The molecule has 2 heterocycles. The number of aliphatic hydroxyl groups excluding tert-OH is 1. The summed E-state index contributed by atoms with van der Waals surface area (Å²) in [7, 11) is 0. The Bertz CT molecular complexity index is 474. The van der Waals surface area contributed by atoms with Crippen LogP contribution < -0.4 is 0 Å². The number of aryl methyl sites for hydroxylation is 2. The van der Waals surface area contributed by atoms with Gasteiger partial charge in [-0.15, -0.1) is 0 Å². The van der Waals surface area contributed by atoms with Gasteiger partial charge in [-0.25, -0.2) is 9.97 Å². The summed E-state index contributed by atoms with van der Waals surface area (Å²) < 4.78 is 3.91. The molecular formula is C12H18N4O. The van der Waals surface area contributed by atoms with Crippen molar-refractivity contribution in [3.05, 3.63) is 36.4 Å². The third kappa shape index (κ3) is 2.24. The molecule has 0 aliphatic rings. The van der Waals surface area contributed by atoms with Gasteiger partial charge in [0.05, 0.1) is 18.2 Å². The molecule has 1 N–H and O–H groups in total. The Hall–Kier alpha value is -1.62. The summed E-state index contributed by atoms with van der Waals surface area (Å²) in [4.78, 5) is 8.30. The van der Waals surface area contributed by atoms with Crippen molar-refractivity contribution in [2.24, 2.45) is 0 Å². The lowest BCUT2D eigenvalue weighted by molar-refractivity contribution is 0.194. The minimum atomic E-state index is -0.709. The van der Waals surface area contributed by atoms with Crippen LogP contribution in [0, 0.1) is 0 Å². The molecule has 2 aromatic heterocycles. The molecule has 0 aliphatic carbocycles. The second-order valence-corrected chi connectivity index (χ2v) is 3.99. The van der Waals surface area contributed by atoms with Crippen LogP contribution in [0.25, 0.3) is 0 Å². The number of nitrogens with zero attached hydrogens (tertiary/aromatic N) is 4. The molecule has 92 valence electrons. The largest absolute Gasteiger partial charge is 0.379 e. The van der Waals surface area contributed by atoms with Gasteiger partial charge in [0.2, 0.25) is 0 Å². The van der Waals surface area contributed by atoms with Crippen molar-refractivity contribution >= 4 is 0 Å². The SMILES string of the molecule is CCCn1ccnc1C(O)c1cncn1CC.